The third-order valence-corrected chi connectivity index (χ3v) is 4.33. The van der Waals surface area contributed by atoms with Crippen LogP contribution >= 0.6 is 0 Å². The molecule has 2 atom stereocenters. The van der Waals surface area contributed by atoms with Gasteiger partial charge in [-0.1, -0.05) is 18.2 Å². The van der Waals surface area contributed by atoms with Crippen LogP contribution in [0.25, 0.3) is 0 Å². The lowest BCUT2D eigenvalue weighted by Crippen LogP contribution is -2.50. The van der Waals surface area contributed by atoms with Crippen LogP contribution in [0.5, 0.6) is 0 Å². The Balaban J connectivity index is 1.90. The first kappa shape index (κ1) is 13.6. The zero-order valence-corrected chi connectivity index (χ0v) is 12.2. The highest BCUT2D eigenvalue weighted by atomic mass is 16.5. The first-order chi connectivity index (χ1) is 9.66. The molecular formula is C16H22N2O2. The average molecular weight is 274 g/mol. The number of fused-ring (bicyclic) bond motifs is 1. The zero-order valence-electron chi connectivity index (χ0n) is 12.2. The van der Waals surface area contributed by atoms with E-state index in [0.717, 1.165) is 31.5 Å². The molecule has 4 nitrogen and oxygen atoms in total. The van der Waals surface area contributed by atoms with Crippen molar-refractivity contribution in [3.8, 4) is 0 Å². The number of likely N-dealkylation sites (N-methyl/N-ethyl adjacent to an activating group) is 1. The van der Waals surface area contributed by atoms with Crippen LogP contribution in [0.3, 0.4) is 0 Å². The van der Waals surface area contributed by atoms with Crippen molar-refractivity contribution >= 4 is 11.6 Å². The summed E-state index contributed by atoms with van der Waals surface area (Å²) in [6, 6.07) is 8.60. The number of anilines is 1. The number of para-hydroxylation sites is 1. The third kappa shape index (κ3) is 2.45. The fourth-order valence-corrected chi connectivity index (χ4v) is 3.08. The predicted molar refractivity (Wildman–Crippen MR) is 78.9 cm³/mol. The van der Waals surface area contributed by atoms with Crippen LogP contribution in [0, 0.1) is 0 Å². The molecule has 0 aliphatic carbocycles. The van der Waals surface area contributed by atoms with Crippen molar-refractivity contribution in [3.05, 3.63) is 29.8 Å². The van der Waals surface area contributed by atoms with Gasteiger partial charge in [0.15, 0.2) is 0 Å². The Kier molecular flexibility index (Phi) is 3.76. The van der Waals surface area contributed by atoms with E-state index < -0.39 is 0 Å². The van der Waals surface area contributed by atoms with E-state index in [1.165, 1.54) is 5.56 Å². The number of carbonyl (C=O) groups excluding carboxylic acids is 1. The van der Waals surface area contributed by atoms with E-state index in [0.29, 0.717) is 12.6 Å². The molecule has 20 heavy (non-hydrogen) atoms. The zero-order chi connectivity index (χ0) is 14.1. The number of ether oxygens (including phenoxy) is 1. The number of benzene rings is 1. The normalized spacial score (nSPS) is 25.9. The van der Waals surface area contributed by atoms with Crippen molar-refractivity contribution < 1.29 is 9.53 Å². The number of rotatable bonds is 2. The Hall–Kier alpha value is -1.39. The van der Waals surface area contributed by atoms with E-state index >= 15 is 0 Å². The first-order valence-electron chi connectivity index (χ1n) is 7.34. The van der Waals surface area contributed by atoms with Gasteiger partial charge in [-0.2, -0.15) is 0 Å². The molecule has 1 unspecified atom stereocenters. The molecule has 3 rings (SSSR count). The van der Waals surface area contributed by atoms with E-state index in [2.05, 4.69) is 25.1 Å². The van der Waals surface area contributed by atoms with Gasteiger partial charge >= 0.3 is 0 Å². The van der Waals surface area contributed by atoms with Gasteiger partial charge in [-0.15, -0.1) is 0 Å². The second kappa shape index (κ2) is 5.54. The van der Waals surface area contributed by atoms with Crippen molar-refractivity contribution in [1.82, 2.24) is 4.90 Å². The summed E-state index contributed by atoms with van der Waals surface area (Å²) < 4.78 is 5.57. The monoisotopic (exact) mass is 274 g/mol. The minimum Gasteiger partial charge on any atom is -0.368 e. The van der Waals surface area contributed by atoms with Crippen molar-refractivity contribution in [1.29, 1.82) is 0 Å². The van der Waals surface area contributed by atoms with Crippen molar-refractivity contribution in [2.45, 2.75) is 31.4 Å². The highest BCUT2D eigenvalue weighted by molar-refractivity contribution is 5.98. The van der Waals surface area contributed by atoms with Gasteiger partial charge in [0.2, 0.25) is 0 Å². The minimum atomic E-state index is -0.246. The number of nitrogens with zero attached hydrogens (tertiary/aromatic N) is 2. The summed E-state index contributed by atoms with van der Waals surface area (Å²) in [5.74, 6) is 0.126. The molecule has 1 aromatic carbocycles. The fraction of sp³-hybridized carbons (Fsp3) is 0.562. The van der Waals surface area contributed by atoms with E-state index in [4.69, 9.17) is 4.74 Å². The van der Waals surface area contributed by atoms with Gasteiger partial charge in [0, 0.05) is 24.9 Å². The first-order valence-corrected chi connectivity index (χ1v) is 7.34. The topological polar surface area (TPSA) is 32.8 Å². The maximum atomic E-state index is 12.7. The van der Waals surface area contributed by atoms with Crippen molar-refractivity contribution in [3.63, 3.8) is 0 Å². The highest BCUT2D eigenvalue weighted by Gasteiger charge is 2.34. The highest BCUT2D eigenvalue weighted by Crippen LogP contribution is 2.30. The van der Waals surface area contributed by atoms with Gasteiger partial charge < -0.3 is 14.5 Å². The number of hydrogen-bond acceptors (Lipinski definition) is 3. The van der Waals surface area contributed by atoms with Gasteiger partial charge in [-0.3, -0.25) is 4.79 Å². The molecule has 0 aromatic heterocycles. The van der Waals surface area contributed by atoms with Gasteiger partial charge in [0.1, 0.15) is 6.10 Å². The molecule has 1 aromatic rings. The molecule has 2 aliphatic heterocycles. The summed E-state index contributed by atoms with van der Waals surface area (Å²) in [4.78, 5) is 16.8. The van der Waals surface area contributed by atoms with Crippen molar-refractivity contribution in [2.24, 2.45) is 0 Å². The maximum absolute atomic E-state index is 12.7. The molecule has 1 amide bonds. The Labute approximate surface area is 120 Å². The fourth-order valence-electron chi connectivity index (χ4n) is 3.08. The predicted octanol–water partition coefficient (Wildman–Crippen LogP) is 1.68. The van der Waals surface area contributed by atoms with Gasteiger partial charge in [-0.25, -0.2) is 0 Å². The standard InChI is InChI=1S/C16H22N2O2/c1-17(2)13-10-12-6-3-4-7-14(12)18(11-13)16(19)15-8-5-9-20-15/h3-4,6-7,13,15H,5,8-11H2,1-2H3/t13?,15-/m0/s1. The third-order valence-electron chi connectivity index (χ3n) is 4.33. The average Bonchev–Trinajstić information content (AvgIpc) is 2.99. The van der Waals surface area contributed by atoms with Gasteiger partial charge in [-0.05, 0) is 45.0 Å². The number of amides is 1. The van der Waals surface area contributed by atoms with E-state index in [1.807, 2.05) is 23.1 Å². The smallest absolute Gasteiger partial charge is 0.256 e. The van der Waals surface area contributed by atoms with Crippen LogP contribution in [0.2, 0.25) is 0 Å². The quantitative estimate of drug-likeness (QED) is 0.822. The van der Waals surface area contributed by atoms with Crippen LogP contribution in [0.15, 0.2) is 24.3 Å². The lowest BCUT2D eigenvalue weighted by molar-refractivity contribution is -0.127. The van der Waals surface area contributed by atoms with Crippen LogP contribution in [0.1, 0.15) is 18.4 Å². The number of carbonyl (C=O) groups is 1. The molecule has 4 heteroatoms. The molecule has 0 N–H and O–H groups in total. The Morgan fingerprint density at radius 2 is 2.15 bits per heavy atom. The Bertz CT molecular complexity index is 495. The van der Waals surface area contributed by atoms with Crippen LogP contribution in [0.4, 0.5) is 5.69 Å². The largest absolute Gasteiger partial charge is 0.368 e. The lowest BCUT2D eigenvalue weighted by Gasteiger charge is -2.38. The SMILES string of the molecule is CN(C)C1Cc2ccccc2N(C(=O)[C@@H]2CCCO2)C1. The molecule has 1 fully saturated rings. The summed E-state index contributed by atoms with van der Waals surface area (Å²) in [5.41, 5.74) is 2.31. The van der Waals surface area contributed by atoms with Gasteiger partial charge in [0.25, 0.3) is 5.91 Å². The van der Waals surface area contributed by atoms with Crippen LogP contribution in [-0.2, 0) is 16.0 Å². The summed E-state index contributed by atoms with van der Waals surface area (Å²) in [6.07, 6.45) is 2.59. The van der Waals surface area contributed by atoms with Crippen LogP contribution < -0.4 is 4.90 Å². The number of hydrogen-bond donors (Lipinski definition) is 0. The van der Waals surface area contributed by atoms with E-state index in [1.54, 1.807) is 0 Å². The van der Waals surface area contributed by atoms with Crippen molar-refractivity contribution in [2.75, 3.05) is 32.1 Å². The molecule has 108 valence electrons. The summed E-state index contributed by atoms with van der Waals surface area (Å²) in [7, 11) is 4.15. The van der Waals surface area contributed by atoms with Gasteiger partial charge in [0.05, 0.1) is 0 Å². The second-order valence-corrected chi connectivity index (χ2v) is 5.90. The molecule has 0 spiro atoms. The van der Waals surface area contributed by atoms with E-state index in [9.17, 15) is 4.79 Å². The summed E-state index contributed by atoms with van der Waals surface area (Å²) in [6.45, 7) is 1.46. The molecule has 0 bridgehead atoms. The lowest BCUT2D eigenvalue weighted by atomic mass is 9.96. The maximum Gasteiger partial charge on any atom is 0.256 e. The summed E-state index contributed by atoms with van der Waals surface area (Å²) >= 11 is 0. The van der Waals surface area contributed by atoms with Crippen LogP contribution in [-0.4, -0.2) is 50.2 Å². The molecule has 1 saturated heterocycles. The Morgan fingerprint density at radius 3 is 2.85 bits per heavy atom. The molecule has 0 radical (unpaired) electrons. The van der Waals surface area contributed by atoms with E-state index in [-0.39, 0.29) is 12.0 Å². The second-order valence-electron chi connectivity index (χ2n) is 5.90. The molecular weight excluding hydrogens is 252 g/mol. The summed E-state index contributed by atoms with van der Waals surface area (Å²) in [5, 5.41) is 0. The Morgan fingerprint density at radius 1 is 1.35 bits per heavy atom. The molecule has 0 saturated carbocycles. The minimum absolute atomic E-state index is 0.126. The molecule has 2 heterocycles. The molecule has 2 aliphatic rings.